The molecule has 1 heterocycles. The molecule has 0 aromatic carbocycles. The van der Waals surface area contributed by atoms with Crippen LogP contribution in [0.3, 0.4) is 0 Å². The third kappa shape index (κ3) is 3.59. The van der Waals surface area contributed by atoms with E-state index in [1.54, 1.807) is 0 Å². The van der Waals surface area contributed by atoms with Crippen molar-refractivity contribution in [2.24, 2.45) is 5.92 Å². The van der Waals surface area contributed by atoms with Crippen LogP contribution in [-0.2, 0) is 9.59 Å². The van der Waals surface area contributed by atoms with E-state index >= 15 is 0 Å². The molecule has 1 aliphatic heterocycles. The van der Waals surface area contributed by atoms with Gasteiger partial charge < -0.3 is 10.2 Å². The zero-order valence-electron chi connectivity index (χ0n) is 10.5. The van der Waals surface area contributed by atoms with Crippen molar-refractivity contribution < 1.29 is 9.59 Å². The van der Waals surface area contributed by atoms with Gasteiger partial charge >= 0.3 is 0 Å². The predicted molar refractivity (Wildman–Crippen MR) is 63.1 cm³/mol. The molecule has 1 N–H and O–H groups in total. The fourth-order valence-corrected chi connectivity index (χ4v) is 2.01. The second kappa shape index (κ2) is 5.99. The summed E-state index contributed by atoms with van der Waals surface area (Å²) >= 11 is 0. The first kappa shape index (κ1) is 13.2. The van der Waals surface area contributed by atoms with Gasteiger partial charge in [-0.1, -0.05) is 13.8 Å². The van der Waals surface area contributed by atoms with Crippen LogP contribution in [0, 0.1) is 5.92 Å². The van der Waals surface area contributed by atoms with Gasteiger partial charge in [0, 0.05) is 25.9 Å². The number of Topliss-reactive ketones (excluding diaryl/α,β-unsaturated/α-hetero) is 1. The molecular weight excluding hydrogens is 204 g/mol. The molecule has 1 fully saturated rings. The lowest BCUT2D eigenvalue weighted by Crippen LogP contribution is -2.48. The first-order valence-corrected chi connectivity index (χ1v) is 6.02. The molecular formula is C12H22N2O2. The number of hydrogen-bond acceptors (Lipinski definition) is 3. The van der Waals surface area contributed by atoms with Crippen molar-refractivity contribution in [3.63, 3.8) is 0 Å². The largest absolute Gasteiger partial charge is 0.340 e. The molecule has 0 aromatic rings. The molecule has 0 unspecified atom stereocenters. The molecule has 0 spiro atoms. The molecule has 1 rings (SSSR count). The number of ketones is 1. The summed E-state index contributed by atoms with van der Waals surface area (Å²) in [4.78, 5) is 25.0. The van der Waals surface area contributed by atoms with E-state index in [-0.39, 0.29) is 17.7 Å². The minimum atomic E-state index is -0.104. The molecule has 1 saturated heterocycles. The molecule has 1 atom stereocenters. The molecule has 0 saturated carbocycles. The average molecular weight is 226 g/mol. The fourth-order valence-electron chi connectivity index (χ4n) is 2.01. The molecule has 92 valence electrons. The van der Waals surface area contributed by atoms with Crippen molar-refractivity contribution >= 4 is 11.7 Å². The van der Waals surface area contributed by atoms with E-state index in [0.29, 0.717) is 31.8 Å². The van der Waals surface area contributed by atoms with E-state index in [0.717, 1.165) is 6.42 Å². The van der Waals surface area contributed by atoms with Crippen LogP contribution in [0.15, 0.2) is 0 Å². The Morgan fingerprint density at radius 2 is 1.94 bits per heavy atom. The number of likely N-dealkylation sites (tertiary alicyclic amines) is 1. The number of rotatable bonds is 4. The van der Waals surface area contributed by atoms with E-state index in [2.05, 4.69) is 19.2 Å². The lowest BCUT2D eigenvalue weighted by Gasteiger charge is -2.30. The number of nitrogens with zero attached hydrogens (tertiary/aromatic N) is 1. The van der Waals surface area contributed by atoms with E-state index in [4.69, 9.17) is 0 Å². The highest BCUT2D eigenvalue weighted by molar-refractivity contribution is 5.85. The van der Waals surface area contributed by atoms with Crippen LogP contribution in [0.2, 0.25) is 0 Å². The Labute approximate surface area is 97.4 Å². The number of nitrogens with one attached hydrogen (secondary N) is 1. The van der Waals surface area contributed by atoms with Crippen LogP contribution >= 0.6 is 0 Å². The Morgan fingerprint density at radius 3 is 2.38 bits per heavy atom. The first-order chi connectivity index (χ1) is 7.54. The minimum Gasteiger partial charge on any atom is -0.340 e. The standard InChI is InChI=1S/C12H22N2O2/c1-9(2)8-11(13-3)12(16)14-6-4-10(15)5-7-14/h9,11,13H,4-8H2,1-3H3/t11-/m0/s1. The Hall–Kier alpha value is -0.900. The molecule has 0 aromatic heterocycles. The Morgan fingerprint density at radius 1 is 1.38 bits per heavy atom. The smallest absolute Gasteiger partial charge is 0.239 e. The molecule has 0 bridgehead atoms. The summed E-state index contributed by atoms with van der Waals surface area (Å²) in [5.41, 5.74) is 0. The van der Waals surface area contributed by atoms with Gasteiger partial charge in [-0.2, -0.15) is 0 Å². The lowest BCUT2D eigenvalue weighted by molar-refractivity contribution is -0.136. The zero-order valence-corrected chi connectivity index (χ0v) is 10.5. The summed E-state index contributed by atoms with van der Waals surface area (Å²) in [6, 6.07) is -0.104. The van der Waals surface area contributed by atoms with Gasteiger partial charge in [0.2, 0.25) is 5.91 Å². The monoisotopic (exact) mass is 226 g/mol. The van der Waals surface area contributed by atoms with E-state index < -0.39 is 0 Å². The Kier molecular flexibility index (Phi) is 4.93. The van der Waals surface area contributed by atoms with Crippen molar-refractivity contribution in [3.05, 3.63) is 0 Å². The van der Waals surface area contributed by atoms with Gasteiger partial charge in [0.15, 0.2) is 0 Å². The van der Waals surface area contributed by atoms with Crippen LogP contribution in [0.4, 0.5) is 0 Å². The van der Waals surface area contributed by atoms with Crippen molar-refractivity contribution in [1.29, 1.82) is 0 Å². The third-order valence-electron chi connectivity index (χ3n) is 2.99. The summed E-state index contributed by atoms with van der Waals surface area (Å²) in [5, 5.41) is 3.07. The van der Waals surface area contributed by atoms with E-state index in [1.807, 2.05) is 11.9 Å². The van der Waals surface area contributed by atoms with E-state index in [1.165, 1.54) is 0 Å². The Bertz CT molecular complexity index is 254. The molecule has 0 aliphatic carbocycles. The van der Waals surface area contributed by atoms with Gasteiger partial charge in [-0.15, -0.1) is 0 Å². The summed E-state index contributed by atoms with van der Waals surface area (Å²) in [5.74, 6) is 0.908. The molecule has 1 aliphatic rings. The highest BCUT2D eigenvalue weighted by Gasteiger charge is 2.26. The normalized spacial score (nSPS) is 19.0. The lowest BCUT2D eigenvalue weighted by atomic mass is 10.0. The second-order valence-electron chi connectivity index (χ2n) is 4.83. The van der Waals surface area contributed by atoms with Crippen LogP contribution in [0.25, 0.3) is 0 Å². The van der Waals surface area contributed by atoms with Gasteiger partial charge in [-0.25, -0.2) is 0 Å². The van der Waals surface area contributed by atoms with Crippen LogP contribution in [0.1, 0.15) is 33.1 Å². The highest BCUT2D eigenvalue weighted by atomic mass is 16.2. The maximum atomic E-state index is 12.1. The maximum Gasteiger partial charge on any atom is 0.239 e. The zero-order chi connectivity index (χ0) is 12.1. The van der Waals surface area contributed by atoms with Gasteiger partial charge in [0.25, 0.3) is 0 Å². The maximum absolute atomic E-state index is 12.1. The molecule has 0 radical (unpaired) electrons. The number of likely N-dealkylation sites (N-methyl/N-ethyl adjacent to an activating group) is 1. The quantitative estimate of drug-likeness (QED) is 0.772. The Balaban J connectivity index is 2.51. The molecule has 1 amide bonds. The summed E-state index contributed by atoms with van der Waals surface area (Å²) < 4.78 is 0. The SMILES string of the molecule is CN[C@@H](CC(C)C)C(=O)N1CCC(=O)CC1. The summed E-state index contributed by atoms with van der Waals surface area (Å²) in [6.45, 7) is 5.40. The van der Waals surface area contributed by atoms with Gasteiger partial charge in [-0.3, -0.25) is 9.59 Å². The van der Waals surface area contributed by atoms with Crippen LogP contribution < -0.4 is 5.32 Å². The second-order valence-corrected chi connectivity index (χ2v) is 4.83. The van der Waals surface area contributed by atoms with Crippen molar-refractivity contribution in [1.82, 2.24) is 10.2 Å². The van der Waals surface area contributed by atoms with E-state index in [9.17, 15) is 9.59 Å². The van der Waals surface area contributed by atoms with Crippen molar-refractivity contribution in [2.75, 3.05) is 20.1 Å². The molecule has 4 heteroatoms. The van der Waals surface area contributed by atoms with Gasteiger partial charge in [0.1, 0.15) is 5.78 Å². The number of hydrogen-bond donors (Lipinski definition) is 1. The number of amides is 1. The van der Waals surface area contributed by atoms with Gasteiger partial charge in [-0.05, 0) is 19.4 Å². The topological polar surface area (TPSA) is 49.4 Å². The average Bonchev–Trinajstić information content (AvgIpc) is 2.25. The predicted octanol–water partition coefficient (Wildman–Crippen LogP) is 0.812. The number of carbonyl (C=O) groups excluding carboxylic acids is 2. The van der Waals surface area contributed by atoms with Crippen molar-refractivity contribution in [2.45, 2.75) is 39.2 Å². The molecule has 4 nitrogen and oxygen atoms in total. The minimum absolute atomic E-state index is 0.104. The number of carbonyl (C=O) groups is 2. The fraction of sp³-hybridized carbons (Fsp3) is 0.833. The van der Waals surface area contributed by atoms with Crippen molar-refractivity contribution in [3.8, 4) is 0 Å². The first-order valence-electron chi connectivity index (χ1n) is 6.02. The summed E-state index contributed by atoms with van der Waals surface area (Å²) in [7, 11) is 1.82. The van der Waals surface area contributed by atoms with Crippen LogP contribution in [0.5, 0.6) is 0 Å². The van der Waals surface area contributed by atoms with Crippen LogP contribution in [-0.4, -0.2) is 42.8 Å². The molecule has 16 heavy (non-hydrogen) atoms. The highest BCUT2D eigenvalue weighted by Crippen LogP contribution is 2.11. The van der Waals surface area contributed by atoms with Gasteiger partial charge in [0.05, 0.1) is 6.04 Å². The third-order valence-corrected chi connectivity index (χ3v) is 2.99. The summed E-state index contributed by atoms with van der Waals surface area (Å²) in [6.07, 6.45) is 1.88. The number of piperidine rings is 1.